The maximum atomic E-state index is 12.4. The molecular formula is C19H31B2N3O8. The van der Waals surface area contributed by atoms with E-state index in [1.165, 1.54) is 12.4 Å². The number of nitrogens with zero attached hydrogens (tertiary/aromatic N) is 3. The molecule has 1 amide bonds. The predicted molar refractivity (Wildman–Crippen MR) is 114 cm³/mol. The van der Waals surface area contributed by atoms with Crippen LogP contribution in [0.3, 0.4) is 0 Å². The third-order valence-corrected chi connectivity index (χ3v) is 6.12. The molecule has 2 fully saturated rings. The van der Waals surface area contributed by atoms with Gasteiger partial charge in [-0.05, 0) is 48.5 Å². The van der Waals surface area contributed by atoms with Crippen LogP contribution in [0, 0.1) is 0 Å². The Morgan fingerprint density at radius 1 is 1.12 bits per heavy atom. The number of carbonyl (C=O) groups is 1. The molecule has 11 nitrogen and oxygen atoms in total. The minimum atomic E-state index is -3.09. The van der Waals surface area contributed by atoms with E-state index in [4.69, 9.17) is 21.9 Å². The summed E-state index contributed by atoms with van der Waals surface area (Å²) in [5.41, 5.74) is -7.42. The summed E-state index contributed by atoms with van der Waals surface area (Å²) in [4.78, 5) is 13.2. The SMILES string of the molecule is [B]C1(O)CN(C(=O)OC(C)(C)C)CC(O)(O)C1(O)n1cc(B2OC(C)(C)C(C)(C)O2)cn1. The normalized spacial score (nSPS) is 31.6. The van der Waals surface area contributed by atoms with E-state index in [0.29, 0.717) is 5.46 Å². The average Bonchev–Trinajstić information content (AvgIpc) is 3.13. The fourth-order valence-corrected chi connectivity index (χ4v) is 3.63. The second-order valence-corrected chi connectivity index (χ2v) is 10.6. The molecule has 13 heteroatoms. The van der Waals surface area contributed by atoms with Crippen molar-refractivity contribution in [1.82, 2.24) is 14.7 Å². The largest absolute Gasteiger partial charge is 0.498 e. The Morgan fingerprint density at radius 2 is 1.66 bits per heavy atom. The van der Waals surface area contributed by atoms with Gasteiger partial charge in [0.2, 0.25) is 11.5 Å². The molecule has 0 saturated carbocycles. The van der Waals surface area contributed by atoms with E-state index in [0.717, 1.165) is 9.58 Å². The molecule has 0 spiro atoms. The lowest BCUT2D eigenvalue weighted by Crippen LogP contribution is -2.79. The standard InChI is InChI=1S/C19H31B2N3O8/c1-14(2,3)30-13(25)23-10-17(20,26)19(29,18(27,28)11-23)24-9-12(8-22-24)21-31-15(4,5)16(6,7)32-21/h8-9,26-29H,10-11H2,1-7H3. The molecule has 1 aromatic heterocycles. The van der Waals surface area contributed by atoms with Crippen molar-refractivity contribution in [3.63, 3.8) is 0 Å². The van der Waals surface area contributed by atoms with Gasteiger partial charge in [0.05, 0.1) is 23.2 Å². The quantitative estimate of drug-likeness (QED) is 0.316. The number of likely N-dealkylation sites (tertiary alicyclic amines) is 1. The molecule has 2 aliphatic heterocycles. The highest BCUT2D eigenvalue weighted by atomic mass is 16.7. The molecule has 3 heterocycles. The van der Waals surface area contributed by atoms with Gasteiger partial charge in [0, 0.05) is 24.4 Å². The monoisotopic (exact) mass is 451 g/mol. The number of aromatic nitrogens is 2. The summed E-state index contributed by atoms with van der Waals surface area (Å²) in [6, 6.07) is 0. The summed E-state index contributed by atoms with van der Waals surface area (Å²) in [6.45, 7) is 10.9. The van der Waals surface area contributed by atoms with Crippen molar-refractivity contribution in [2.75, 3.05) is 13.1 Å². The summed E-state index contributed by atoms with van der Waals surface area (Å²) in [6.07, 6.45) is 1.60. The van der Waals surface area contributed by atoms with Gasteiger partial charge in [-0.15, -0.1) is 0 Å². The second-order valence-electron chi connectivity index (χ2n) is 10.6. The van der Waals surface area contributed by atoms with Gasteiger partial charge in [-0.2, -0.15) is 5.10 Å². The first-order valence-corrected chi connectivity index (χ1v) is 10.3. The maximum absolute atomic E-state index is 12.4. The molecule has 0 aromatic carbocycles. The molecular weight excluding hydrogens is 420 g/mol. The van der Waals surface area contributed by atoms with Gasteiger partial charge < -0.3 is 39.4 Å². The van der Waals surface area contributed by atoms with Gasteiger partial charge in [0.25, 0.3) is 0 Å². The Labute approximate surface area is 188 Å². The number of aliphatic hydroxyl groups is 4. The van der Waals surface area contributed by atoms with E-state index in [1.807, 2.05) is 27.7 Å². The van der Waals surface area contributed by atoms with Crippen LogP contribution in [-0.2, 0) is 19.8 Å². The van der Waals surface area contributed by atoms with Crippen LogP contribution in [0.5, 0.6) is 0 Å². The number of rotatable bonds is 2. The van der Waals surface area contributed by atoms with Crippen LogP contribution >= 0.6 is 0 Å². The van der Waals surface area contributed by atoms with Crippen molar-refractivity contribution in [2.45, 2.75) is 82.3 Å². The van der Waals surface area contributed by atoms with Gasteiger partial charge in [-0.25, -0.2) is 9.48 Å². The fourth-order valence-electron chi connectivity index (χ4n) is 3.63. The van der Waals surface area contributed by atoms with Crippen molar-refractivity contribution in [1.29, 1.82) is 0 Å². The van der Waals surface area contributed by atoms with E-state index in [1.54, 1.807) is 20.8 Å². The summed E-state index contributed by atoms with van der Waals surface area (Å²) in [5, 5.41) is 47.6. The Morgan fingerprint density at radius 3 is 2.12 bits per heavy atom. The number of amides is 1. The topological polar surface area (TPSA) is 147 Å². The number of hydrogen-bond acceptors (Lipinski definition) is 9. The van der Waals surface area contributed by atoms with E-state index < -0.39 is 60.1 Å². The van der Waals surface area contributed by atoms with E-state index in [2.05, 4.69) is 5.10 Å². The van der Waals surface area contributed by atoms with Gasteiger partial charge in [0.15, 0.2) is 0 Å². The summed E-state index contributed by atoms with van der Waals surface area (Å²) >= 11 is 0. The highest BCUT2D eigenvalue weighted by Gasteiger charge is 2.66. The van der Waals surface area contributed by atoms with Gasteiger partial charge in [-0.3, -0.25) is 0 Å². The van der Waals surface area contributed by atoms with E-state index >= 15 is 0 Å². The Kier molecular flexibility index (Phi) is 5.61. The van der Waals surface area contributed by atoms with Crippen molar-refractivity contribution < 1.29 is 39.3 Å². The maximum Gasteiger partial charge on any atom is 0.498 e. The molecule has 2 atom stereocenters. The van der Waals surface area contributed by atoms with Crippen LogP contribution < -0.4 is 5.46 Å². The van der Waals surface area contributed by atoms with E-state index in [-0.39, 0.29) is 0 Å². The third kappa shape index (κ3) is 3.95. The van der Waals surface area contributed by atoms with Crippen LogP contribution in [0.25, 0.3) is 0 Å². The first-order chi connectivity index (χ1) is 14.2. The first kappa shape index (κ1) is 25.0. The van der Waals surface area contributed by atoms with Gasteiger partial charge in [-0.1, -0.05) is 0 Å². The first-order valence-electron chi connectivity index (χ1n) is 10.3. The zero-order valence-electron chi connectivity index (χ0n) is 19.5. The third-order valence-electron chi connectivity index (χ3n) is 6.12. The Hall–Kier alpha value is -1.63. The van der Waals surface area contributed by atoms with Crippen LogP contribution in [0.15, 0.2) is 12.4 Å². The predicted octanol–water partition coefficient (Wildman–Crippen LogP) is -1.38. The lowest BCUT2D eigenvalue weighted by molar-refractivity contribution is -0.373. The number of β-amino-alcohol motifs (C(OH)–C–C–N with tert-alkyl or cyclic N) is 3. The zero-order valence-corrected chi connectivity index (χ0v) is 19.5. The molecule has 1 aromatic rings. The average molecular weight is 451 g/mol. The Bertz CT molecular complexity index is 859. The molecule has 2 saturated heterocycles. The summed E-state index contributed by atoms with van der Waals surface area (Å²) in [5.74, 6) is -3.09. The van der Waals surface area contributed by atoms with Crippen molar-refractivity contribution in [3.8, 4) is 0 Å². The molecule has 3 rings (SSSR count). The molecule has 4 N–H and O–H groups in total. The summed E-state index contributed by atoms with van der Waals surface area (Å²) < 4.78 is 17.8. The zero-order chi connectivity index (χ0) is 24.5. The fraction of sp³-hybridized carbons (Fsp3) is 0.789. The lowest BCUT2D eigenvalue weighted by atomic mass is 9.66. The molecule has 0 bridgehead atoms. The highest BCUT2D eigenvalue weighted by Crippen LogP contribution is 2.40. The van der Waals surface area contributed by atoms with Crippen LogP contribution in [0.1, 0.15) is 48.5 Å². The molecule has 176 valence electrons. The van der Waals surface area contributed by atoms with Gasteiger partial charge in [0.1, 0.15) is 13.4 Å². The molecule has 2 aliphatic rings. The van der Waals surface area contributed by atoms with Crippen LogP contribution in [0.2, 0.25) is 0 Å². The van der Waals surface area contributed by atoms with Crippen LogP contribution in [-0.4, -0.2) is 97.3 Å². The van der Waals surface area contributed by atoms with E-state index in [9.17, 15) is 25.2 Å². The second kappa shape index (κ2) is 7.18. The number of piperidine rings is 1. The smallest absolute Gasteiger partial charge is 0.444 e. The summed E-state index contributed by atoms with van der Waals surface area (Å²) in [7, 11) is 5.07. The van der Waals surface area contributed by atoms with Crippen molar-refractivity contribution in [3.05, 3.63) is 12.4 Å². The van der Waals surface area contributed by atoms with Crippen molar-refractivity contribution in [2.24, 2.45) is 0 Å². The van der Waals surface area contributed by atoms with Crippen molar-refractivity contribution >= 4 is 26.5 Å². The van der Waals surface area contributed by atoms with Crippen LogP contribution in [0.4, 0.5) is 4.79 Å². The minimum Gasteiger partial charge on any atom is -0.444 e. The number of ether oxygens (including phenoxy) is 1. The molecule has 32 heavy (non-hydrogen) atoms. The molecule has 2 unspecified atom stereocenters. The number of hydrogen-bond donors (Lipinski definition) is 4. The minimum absolute atomic E-state index is 0.359. The Balaban J connectivity index is 1.91. The lowest BCUT2D eigenvalue weighted by Gasteiger charge is -2.54. The molecule has 2 radical (unpaired) electrons. The highest BCUT2D eigenvalue weighted by molar-refractivity contribution is 6.62. The molecule has 0 aliphatic carbocycles. The van der Waals surface area contributed by atoms with Gasteiger partial charge >= 0.3 is 13.2 Å². The number of carbonyl (C=O) groups excluding carboxylic acids is 1.